The number of rotatable bonds is 5. The van der Waals surface area contributed by atoms with Crippen LogP contribution in [0.25, 0.3) is 0 Å². The van der Waals surface area contributed by atoms with Crippen molar-refractivity contribution in [2.45, 2.75) is 39.3 Å². The van der Waals surface area contributed by atoms with E-state index in [2.05, 4.69) is 27.7 Å². The average molecular weight is 234 g/mol. The Balaban J connectivity index is 3.78. The average Bonchev–Trinajstić information content (AvgIpc) is 1.81. The molecule has 0 heterocycles. The van der Waals surface area contributed by atoms with Gasteiger partial charge in [0.25, 0.3) is 0 Å². The van der Waals surface area contributed by atoms with Crippen LogP contribution < -0.4 is 0 Å². The van der Waals surface area contributed by atoms with E-state index in [1.54, 1.807) is 0 Å². The fourth-order valence-corrected chi connectivity index (χ4v) is 3.12. The minimum absolute atomic E-state index is 0.229. The van der Waals surface area contributed by atoms with Gasteiger partial charge in [0.1, 0.15) is 0 Å². The van der Waals surface area contributed by atoms with Gasteiger partial charge in [-0.1, -0.05) is 0 Å². The SMILES string of the molecule is CC(C)CC(C)(C)C[AsH]C(=O)O. The molecule has 0 aliphatic rings. The molecule has 0 saturated carbocycles. The van der Waals surface area contributed by atoms with Crippen molar-refractivity contribution >= 4 is 20.5 Å². The van der Waals surface area contributed by atoms with Crippen molar-refractivity contribution in [2.24, 2.45) is 11.3 Å². The van der Waals surface area contributed by atoms with Gasteiger partial charge in [0.05, 0.1) is 0 Å². The van der Waals surface area contributed by atoms with Gasteiger partial charge >= 0.3 is 81.1 Å². The molecule has 0 aromatic heterocycles. The first-order chi connectivity index (χ1) is 5.33. The van der Waals surface area contributed by atoms with Crippen LogP contribution in [0.4, 0.5) is 4.79 Å². The summed E-state index contributed by atoms with van der Waals surface area (Å²) < 4.78 is -0.563. The van der Waals surface area contributed by atoms with E-state index in [0.717, 1.165) is 11.6 Å². The molecule has 1 atom stereocenters. The summed E-state index contributed by atoms with van der Waals surface area (Å²) in [5.41, 5.74) is 0.229. The Hall–Kier alpha value is 0.0284. The molecule has 0 radical (unpaired) electrons. The van der Waals surface area contributed by atoms with Crippen LogP contribution in [0, 0.1) is 11.3 Å². The summed E-state index contributed by atoms with van der Waals surface area (Å²) >= 11 is -0.767. The second-order valence-corrected chi connectivity index (χ2v) is 6.80. The molecule has 0 bridgehead atoms. The second kappa shape index (κ2) is 4.91. The van der Waals surface area contributed by atoms with Crippen molar-refractivity contribution in [3.05, 3.63) is 0 Å². The first kappa shape index (κ1) is 12.0. The second-order valence-electron chi connectivity index (χ2n) is 4.42. The third-order valence-electron chi connectivity index (χ3n) is 1.68. The Morgan fingerprint density at radius 2 is 2.00 bits per heavy atom. The number of carbonyl (C=O) groups is 1. The fourth-order valence-electron chi connectivity index (χ4n) is 1.49. The van der Waals surface area contributed by atoms with Gasteiger partial charge in [0, 0.05) is 0 Å². The van der Waals surface area contributed by atoms with Crippen molar-refractivity contribution in [2.75, 3.05) is 0 Å². The molecular formula is C9H19AsO2. The molecule has 0 aromatic rings. The van der Waals surface area contributed by atoms with Gasteiger partial charge in [-0.15, -0.1) is 0 Å². The molecule has 0 spiro atoms. The molecule has 0 saturated heterocycles. The van der Waals surface area contributed by atoms with Crippen molar-refractivity contribution in [3.8, 4) is 0 Å². The molecule has 0 aromatic carbocycles. The zero-order valence-electron chi connectivity index (χ0n) is 8.35. The molecule has 2 nitrogen and oxygen atoms in total. The first-order valence-electron chi connectivity index (χ1n) is 4.30. The first-order valence-corrected chi connectivity index (χ1v) is 6.83. The zero-order chi connectivity index (χ0) is 9.78. The van der Waals surface area contributed by atoms with Crippen LogP contribution in [0.3, 0.4) is 0 Å². The summed E-state index contributed by atoms with van der Waals surface area (Å²) in [6.45, 7) is 8.70. The maximum atomic E-state index is 10.4. The minimum atomic E-state index is -0.767. The van der Waals surface area contributed by atoms with Crippen LogP contribution in [-0.4, -0.2) is 25.6 Å². The predicted octanol–water partition coefficient (Wildman–Crippen LogP) is 2.59. The third-order valence-corrected chi connectivity index (χ3v) is 4.69. The maximum absolute atomic E-state index is 10.4. The van der Waals surface area contributed by atoms with Gasteiger partial charge < -0.3 is 0 Å². The van der Waals surface area contributed by atoms with Gasteiger partial charge in [0.15, 0.2) is 0 Å². The fraction of sp³-hybridized carbons (Fsp3) is 0.889. The Bertz CT molecular complexity index is 153. The molecule has 0 rings (SSSR count). The van der Waals surface area contributed by atoms with Gasteiger partial charge in [0.2, 0.25) is 0 Å². The zero-order valence-corrected chi connectivity index (χ0v) is 10.4. The van der Waals surface area contributed by atoms with Gasteiger partial charge in [-0.2, -0.15) is 0 Å². The molecule has 12 heavy (non-hydrogen) atoms. The monoisotopic (exact) mass is 234 g/mol. The number of hydrogen-bond acceptors (Lipinski definition) is 1. The Morgan fingerprint density at radius 1 is 1.50 bits per heavy atom. The van der Waals surface area contributed by atoms with Crippen LogP contribution in [-0.2, 0) is 0 Å². The molecule has 72 valence electrons. The Morgan fingerprint density at radius 3 is 2.33 bits per heavy atom. The van der Waals surface area contributed by atoms with Crippen molar-refractivity contribution in [3.63, 3.8) is 0 Å². The third kappa shape index (κ3) is 6.72. The Labute approximate surface area is 81.4 Å². The number of hydrogen-bond donors (Lipinski definition) is 1. The van der Waals surface area contributed by atoms with Gasteiger partial charge in [-0.25, -0.2) is 0 Å². The van der Waals surface area contributed by atoms with Gasteiger partial charge in [-0.05, 0) is 0 Å². The molecule has 0 aliphatic heterocycles. The molecular weight excluding hydrogens is 215 g/mol. The molecule has 0 aliphatic carbocycles. The van der Waals surface area contributed by atoms with E-state index in [9.17, 15) is 4.79 Å². The standard InChI is InChI=1S/C9H19AsO2/c1-7(2)5-9(3,4)6-10-8(11)12/h7,10H,5-6H2,1-4H3,(H,11,12). The summed E-state index contributed by atoms with van der Waals surface area (Å²) in [6.07, 6.45) is 1.13. The van der Waals surface area contributed by atoms with Crippen LogP contribution in [0.5, 0.6) is 0 Å². The predicted molar refractivity (Wildman–Crippen MR) is 53.2 cm³/mol. The van der Waals surface area contributed by atoms with E-state index in [4.69, 9.17) is 5.11 Å². The van der Waals surface area contributed by atoms with Crippen molar-refractivity contribution in [1.29, 1.82) is 0 Å². The van der Waals surface area contributed by atoms with Crippen LogP contribution in [0.2, 0.25) is 5.21 Å². The number of carboxylic acid groups (broad SMARTS) is 1. The summed E-state index contributed by atoms with van der Waals surface area (Å²) in [5.74, 6) is 0.667. The Kier molecular flexibility index (Phi) is 4.92. The van der Waals surface area contributed by atoms with E-state index >= 15 is 0 Å². The summed E-state index contributed by atoms with van der Waals surface area (Å²) in [7, 11) is 0. The van der Waals surface area contributed by atoms with E-state index in [1.165, 1.54) is 0 Å². The topological polar surface area (TPSA) is 37.3 Å². The summed E-state index contributed by atoms with van der Waals surface area (Å²) in [4.78, 5) is 10.4. The quantitative estimate of drug-likeness (QED) is 0.742. The van der Waals surface area contributed by atoms with Gasteiger partial charge in [-0.3, -0.25) is 0 Å². The normalized spacial score (nSPS) is 13.1. The van der Waals surface area contributed by atoms with Crippen LogP contribution >= 0.6 is 0 Å². The molecule has 1 N–H and O–H groups in total. The molecule has 1 unspecified atom stereocenters. The molecule has 0 amide bonds. The molecule has 0 fully saturated rings. The molecule has 3 heteroatoms. The van der Waals surface area contributed by atoms with Crippen LogP contribution in [0.1, 0.15) is 34.1 Å². The van der Waals surface area contributed by atoms with Crippen LogP contribution in [0.15, 0.2) is 0 Å². The van der Waals surface area contributed by atoms with E-state index in [-0.39, 0.29) is 5.41 Å². The van der Waals surface area contributed by atoms with E-state index in [0.29, 0.717) is 5.92 Å². The van der Waals surface area contributed by atoms with Crippen molar-refractivity contribution < 1.29 is 9.90 Å². The van der Waals surface area contributed by atoms with E-state index < -0.39 is 20.5 Å². The van der Waals surface area contributed by atoms with Crippen molar-refractivity contribution in [1.82, 2.24) is 0 Å². The van der Waals surface area contributed by atoms with E-state index in [1.807, 2.05) is 0 Å². The summed E-state index contributed by atoms with van der Waals surface area (Å²) in [6, 6.07) is 0. The summed E-state index contributed by atoms with van der Waals surface area (Å²) in [5, 5.41) is 9.47.